The van der Waals surface area contributed by atoms with Crippen molar-refractivity contribution in [1.82, 2.24) is 0 Å². The SMILES string of the molecule is CSc1cccc(N(CC2CC2)C2CC2)c1C#N. The van der Waals surface area contributed by atoms with Crippen LogP contribution in [0.2, 0.25) is 0 Å². The number of nitriles is 1. The van der Waals surface area contributed by atoms with Gasteiger partial charge in [-0.3, -0.25) is 0 Å². The average molecular weight is 258 g/mol. The van der Waals surface area contributed by atoms with Crippen molar-refractivity contribution < 1.29 is 0 Å². The van der Waals surface area contributed by atoms with Gasteiger partial charge in [0.05, 0.1) is 11.3 Å². The average Bonchev–Trinajstić information content (AvgIpc) is 3.27. The summed E-state index contributed by atoms with van der Waals surface area (Å²) < 4.78 is 0. The number of hydrogen-bond donors (Lipinski definition) is 0. The van der Waals surface area contributed by atoms with Crippen LogP contribution in [0.25, 0.3) is 0 Å². The van der Waals surface area contributed by atoms with Gasteiger partial charge in [0.2, 0.25) is 0 Å². The summed E-state index contributed by atoms with van der Waals surface area (Å²) in [6, 6.07) is 9.36. The van der Waals surface area contributed by atoms with E-state index < -0.39 is 0 Å². The van der Waals surface area contributed by atoms with Gasteiger partial charge < -0.3 is 4.90 Å². The minimum atomic E-state index is 0.690. The van der Waals surface area contributed by atoms with Crippen molar-refractivity contribution in [3.05, 3.63) is 23.8 Å². The number of benzene rings is 1. The fraction of sp³-hybridized carbons (Fsp3) is 0.533. The Morgan fingerprint density at radius 2 is 2.11 bits per heavy atom. The normalized spacial score (nSPS) is 18.4. The zero-order valence-corrected chi connectivity index (χ0v) is 11.5. The van der Waals surface area contributed by atoms with Crippen LogP contribution < -0.4 is 4.90 Å². The molecule has 0 aliphatic heterocycles. The van der Waals surface area contributed by atoms with Gasteiger partial charge in [-0.1, -0.05) is 6.07 Å². The maximum Gasteiger partial charge on any atom is 0.103 e. The summed E-state index contributed by atoms with van der Waals surface area (Å²) in [7, 11) is 0. The van der Waals surface area contributed by atoms with Crippen LogP contribution in [-0.2, 0) is 0 Å². The van der Waals surface area contributed by atoms with Gasteiger partial charge in [0.15, 0.2) is 0 Å². The van der Waals surface area contributed by atoms with Gasteiger partial charge in [0, 0.05) is 17.5 Å². The Hall–Kier alpha value is -1.14. The lowest BCUT2D eigenvalue weighted by atomic mass is 10.1. The molecule has 18 heavy (non-hydrogen) atoms. The molecule has 0 spiro atoms. The first-order valence-electron chi connectivity index (χ1n) is 6.67. The Kier molecular flexibility index (Phi) is 3.22. The Bertz CT molecular complexity index is 484. The van der Waals surface area contributed by atoms with Crippen LogP contribution in [0.1, 0.15) is 31.2 Å². The molecule has 2 fully saturated rings. The number of rotatable bonds is 5. The van der Waals surface area contributed by atoms with Gasteiger partial charge >= 0.3 is 0 Å². The molecule has 0 heterocycles. The highest BCUT2D eigenvalue weighted by Crippen LogP contribution is 2.40. The van der Waals surface area contributed by atoms with Crippen molar-refractivity contribution in [2.24, 2.45) is 5.92 Å². The van der Waals surface area contributed by atoms with E-state index in [1.165, 1.54) is 31.4 Å². The molecule has 0 aromatic heterocycles. The Labute approximate surface area is 113 Å². The molecule has 0 atom stereocenters. The van der Waals surface area contributed by atoms with Crippen molar-refractivity contribution in [2.75, 3.05) is 17.7 Å². The quantitative estimate of drug-likeness (QED) is 0.754. The smallest absolute Gasteiger partial charge is 0.103 e. The van der Waals surface area contributed by atoms with E-state index in [1.54, 1.807) is 11.8 Å². The van der Waals surface area contributed by atoms with Crippen molar-refractivity contribution in [3.63, 3.8) is 0 Å². The van der Waals surface area contributed by atoms with Crippen LogP contribution in [-0.4, -0.2) is 18.8 Å². The molecular weight excluding hydrogens is 240 g/mol. The summed E-state index contributed by atoms with van der Waals surface area (Å²) in [5, 5.41) is 9.44. The predicted octanol–water partition coefficient (Wildman–Crippen LogP) is 3.66. The summed E-state index contributed by atoms with van der Waals surface area (Å²) in [6.45, 7) is 1.15. The number of anilines is 1. The molecule has 0 saturated heterocycles. The van der Waals surface area contributed by atoms with Gasteiger partial charge in [-0.2, -0.15) is 5.26 Å². The molecule has 0 N–H and O–H groups in total. The molecule has 0 amide bonds. The third-order valence-electron chi connectivity index (χ3n) is 3.78. The third kappa shape index (κ3) is 2.35. The Morgan fingerprint density at radius 3 is 2.67 bits per heavy atom. The van der Waals surface area contributed by atoms with Crippen LogP contribution in [0.3, 0.4) is 0 Å². The highest BCUT2D eigenvalue weighted by molar-refractivity contribution is 7.98. The van der Waals surface area contributed by atoms with Gasteiger partial charge in [0.1, 0.15) is 6.07 Å². The van der Waals surface area contributed by atoms with E-state index in [4.69, 9.17) is 0 Å². The second-order valence-corrected chi connectivity index (χ2v) is 6.14. The van der Waals surface area contributed by atoms with Crippen LogP contribution in [0.15, 0.2) is 23.1 Å². The summed E-state index contributed by atoms with van der Waals surface area (Å²) in [6.07, 6.45) is 7.37. The third-order valence-corrected chi connectivity index (χ3v) is 4.56. The molecule has 0 radical (unpaired) electrons. The second kappa shape index (κ2) is 4.85. The lowest BCUT2D eigenvalue weighted by Crippen LogP contribution is -2.28. The van der Waals surface area contributed by atoms with E-state index in [1.807, 2.05) is 6.26 Å². The summed E-state index contributed by atoms with van der Waals surface area (Å²) in [5.74, 6) is 0.870. The standard InChI is InChI=1S/C15H18N2S/c1-18-15-4-2-3-14(13(15)9-16)17(12-7-8-12)10-11-5-6-11/h2-4,11-12H,5-8,10H2,1H3. The Balaban J connectivity index is 1.94. The minimum Gasteiger partial charge on any atom is -0.367 e. The number of nitrogens with zero attached hydrogens (tertiary/aromatic N) is 2. The highest BCUT2D eigenvalue weighted by atomic mass is 32.2. The molecule has 2 nitrogen and oxygen atoms in total. The van der Waals surface area contributed by atoms with E-state index in [0.717, 1.165) is 22.9 Å². The fourth-order valence-corrected chi connectivity index (χ4v) is 3.02. The molecule has 2 aliphatic rings. The monoisotopic (exact) mass is 258 g/mol. The van der Waals surface area contributed by atoms with Crippen molar-refractivity contribution in [1.29, 1.82) is 5.26 Å². The van der Waals surface area contributed by atoms with Crippen molar-refractivity contribution in [2.45, 2.75) is 36.6 Å². The lowest BCUT2D eigenvalue weighted by molar-refractivity contribution is 0.717. The fourth-order valence-electron chi connectivity index (χ4n) is 2.45. The zero-order chi connectivity index (χ0) is 12.5. The molecule has 94 valence electrons. The molecule has 1 aromatic carbocycles. The molecule has 1 aromatic rings. The molecule has 3 rings (SSSR count). The van der Waals surface area contributed by atoms with Gasteiger partial charge in [0.25, 0.3) is 0 Å². The highest BCUT2D eigenvalue weighted by Gasteiger charge is 2.35. The van der Waals surface area contributed by atoms with Crippen molar-refractivity contribution in [3.8, 4) is 6.07 Å². The first-order chi connectivity index (χ1) is 8.83. The van der Waals surface area contributed by atoms with Crippen LogP contribution in [0.5, 0.6) is 0 Å². The van der Waals surface area contributed by atoms with E-state index in [-0.39, 0.29) is 0 Å². The maximum absolute atomic E-state index is 9.44. The van der Waals surface area contributed by atoms with Crippen LogP contribution >= 0.6 is 11.8 Å². The molecule has 0 unspecified atom stereocenters. The zero-order valence-electron chi connectivity index (χ0n) is 10.7. The lowest BCUT2D eigenvalue weighted by Gasteiger charge is -2.26. The number of thioether (sulfide) groups is 1. The van der Waals surface area contributed by atoms with Crippen LogP contribution in [0, 0.1) is 17.2 Å². The van der Waals surface area contributed by atoms with E-state index in [0.29, 0.717) is 6.04 Å². The molecular formula is C15H18N2S. The Morgan fingerprint density at radius 1 is 1.33 bits per heavy atom. The number of hydrogen-bond acceptors (Lipinski definition) is 3. The van der Waals surface area contributed by atoms with Gasteiger partial charge in [-0.05, 0) is 50.0 Å². The largest absolute Gasteiger partial charge is 0.367 e. The molecule has 2 aliphatic carbocycles. The predicted molar refractivity (Wildman–Crippen MR) is 76.0 cm³/mol. The molecule has 3 heteroatoms. The van der Waals surface area contributed by atoms with Crippen LogP contribution in [0.4, 0.5) is 5.69 Å². The van der Waals surface area contributed by atoms with Gasteiger partial charge in [-0.25, -0.2) is 0 Å². The first-order valence-corrected chi connectivity index (χ1v) is 7.89. The maximum atomic E-state index is 9.44. The van der Waals surface area contributed by atoms with E-state index >= 15 is 0 Å². The summed E-state index contributed by atoms with van der Waals surface area (Å²) in [5.41, 5.74) is 2.04. The van der Waals surface area contributed by atoms with Crippen molar-refractivity contribution >= 4 is 17.4 Å². The van der Waals surface area contributed by atoms with E-state index in [9.17, 15) is 5.26 Å². The molecule has 0 bridgehead atoms. The minimum absolute atomic E-state index is 0.690. The van der Waals surface area contributed by atoms with E-state index in [2.05, 4.69) is 29.2 Å². The van der Waals surface area contributed by atoms with Gasteiger partial charge in [-0.15, -0.1) is 11.8 Å². The topological polar surface area (TPSA) is 27.0 Å². The summed E-state index contributed by atoms with van der Waals surface area (Å²) in [4.78, 5) is 3.60. The summed E-state index contributed by atoms with van der Waals surface area (Å²) >= 11 is 1.67. The first kappa shape index (κ1) is 11.9. The molecule has 2 saturated carbocycles. The second-order valence-electron chi connectivity index (χ2n) is 5.29.